The van der Waals surface area contributed by atoms with E-state index in [2.05, 4.69) is 42.4 Å². The molecular formula is C9H9Cl3N2Ti. The molecule has 0 amide bonds. The molecule has 2 rings (SSSR count). The van der Waals surface area contributed by atoms with Crippen LogP contribution in [0.4, 0.5) is 0 Å². The van der Waals surface area contributed by atoms with E-state index < -0.39 is 0 Å². The maximum Gasteiger partial charge on any atom is 4.00 e. The average molecular weight is 299 g/mol. The molecule has 1 aromatic heterocycles. The summed E-state index contributed by atoms with van der Waals surface area (Å²) < 4.78 is 0. The molecule has 1 heterocycles. The summed E-state index contributed by atoms with van der Waals surface area (Å²) in [6.07, 6.45) is 2.90. The van der Waals surface area contributed by atoms with Crippen LogP contribution in [0.5, 0.6) is 0 Å². The van der Waals surface area contributed by atoms with Crippen molar-refractivity contribution in [2.24, 2.45) is 0 Å². The molecule has 0 radical (unpaired) electrons. The van der Waals surface area contributed by atoms with Crippen LogP contribution in [0.25, 0.3) is 10.9 Å². The van der Waals surface area contributed by atoms with Gasteiger partial charge < -0.3 is 42.3 Å². The average Bonchev–Trinajstić information content (AvgIpc) is 2.34. The molecule has 0 spiro atoms. The van der Waals surface area contributed by atoms with Gasteiger partial charge >= 0.3 is 21.7 Å². The van der Waals surface area contributed by atoms with E-state index in [-0.39, 0.29) is 58.9 Å². The Bertz CT molecular complexity index is 403. The van der Waals surface area contributed by atoms with Crippen LogP contribution < -0.4 is 37.2 Å². The van der Waals surface area contributed by atoms with Crippen LogP contribution in [0.3, 0.4) is 0 Å². The summed E-state index contributed by atoms with van der Waals surface area (Å²) in [5.41, 5.74) is 3.58. The van der Waals surface area contributed by atoms with Crippen molar-refractivity contribution in [3.63, 3.8) is 0 Å². The predicted molar refractivity (Wildman–Crippen MR) is 44.4 cm³/mol. The zero-order valence-corrected chi connectivity index (χ0v) is 12.1. The van der Waals surface area contributed by atoms with Gasteiger partial charge in [0.15, 0.2) is 0 Å². The Kier molecular flexibility index (Phi) is 11.6. The number of rotatable bonds is 0. The van der Waals surface area contributed by atoms with Gasteiger partial charge in [0.25, 0.3) is 0 Å². The summed E-state index contributed by atoms with van der Waals surface area (Å²) in [5.74, 6) is 0. The zero-order chi connectivity index (χ0) is 7.84. The number of H-pyrrole nitrogens is 1. The zero-order valence-electron chi connectivity index (χ0n) is 8.24. The van der Waals surface area contributed by atoms with Crippen LogP contribution in [-0.2, 0) is 21.7 Å². The number of benzene rings is 1. The van der Waals surface area contributed by atoms with Gasteiger partial charge in [0.05, 0.1) is 0 Å². The number of halogens is 3. The topological polar surface area (TPSA) is 28.7 Å². The van der Waals surface area contributed by atoms with Crippen molar-refractivity contribution in [3.8, 4) is 0 Å². The fourth-order valence-electron chi connectivity index (χ4n) is 1.35. The Morgan fingerprint density at radius 3 is 2.33 bits per heavy atom. The fourth-order valence-corrected chi connectivity index (χ4v) is 1.35. The van der Waals surface area contributed by atoms with Crippen LogP contribution in [0.15, 0.2) is 12.1 Å². The Hall–Kier alpha value is 0.274. The molecule has 0 atom stereocenters. The summed E-state index contributed by atoms with van der Waals surface area (Å²) in [7, 11) is 0. The monoisotopic (exact) mass is 298 g/mol. The van der Waals surface area contributed by atoms with Crippen molar-refractivity contribution >= 4 is 10.9 Å². The summed E-state index contributed by atoms with van der Waals surface area (Å²) in [6.45, 7) is 4.15. The van der Waals surface area contributed by atoms with E-state index in [9.17, 15) is 0 Å². The minimum absolute atomic E-state index is 0. The molecule has 0 bridgehead atoms. The number of aromatic amines is 1. The largest absolute Gasteiger partial charge is 4.00 e. The van der Waals surface area contributed by atoms with E-state index in [1.807, 2.05) is 0 Å². The third kappa shape index (κ3) is 4.33. The normalized spacial score (nSPS) is 7.87. The maximum absolute atomic E-state index is 3.85. The predicted octanol–water partition coefficient (Wildman–Crippen LogP) is -7.01. The van der Waals surface area contributed by atoms with E-state index in [0.29, 0.717) is 0 Å². The SMILES string of the molecule is Cc1cc(C)c2[nH]n[c-]c2c1.[Cl-].[Cl-].[Cl-].[Ti+4]. The van der Waals surface area contributed by atoms with Crippen molar-refractivity contribution in [1.29, 1.82) is 0 Å². The third-order valence-corrected chi connectivity index (χ3v) is 1.82. The van der Waals surface area contributed by atoms with Gasteiger partial charge in [-0.15, -0.1) is 10.9 Å². The second-order valence-corrected chi connectivity index (χ2v) is 2.84. The maximum atomic E-state index is 3.85. The standard InChI is InChI=1S/C9H9N2.3ClH.Ti/c1-6-3-7(2)9-8(4-6)5-10-11-9;;;;/h3-4H,1-2H3,(H,10,11);3*1H;/q-1;;;;+4/p-3. The third-order valence-electron chi connectivity index (χ3n) is 1.82. The van der Waals surface area contributed by atoms with Gasteiger partial charge in [-0.2, -0.15) is 6.07 Å². The molecule has 1 aromatic carbocycles. The van der Waals surface area contributed by atoms with Gasteiger partial charge in [-0.25, -0.2) is 0 Å². The molecule has 0 aliphatic heterocycles. The second-order valence-electron chi connectivity index (χ2n) is 2.84. The quantitative estimate of drug-likeness (QED) is 0.380. The summed E-state index contributed by atoms with van der Waals surface area (Å²) in [6, 6.07) is 4.21. The number of nitrogens with zero attached hydrogens (tertiary/aromatic N) is 1. The molecule has 0 aliphatic rings. The van der Waals surface area contributed by atoms with E-state index in [1.54, 1.807) is 0 Å². The number of aromatic nitrogens is 2. The molecule has 0 saturated heterocycles. The van der Waals surface area contributed by atoms with Gasteiger partial charge in [0.2, 0.25) is 0 Å². The molecule has 0 unspecified atom stereocenters. The van der Waals surface area contributed by atoms with Crippen LogP contribution >= 0.6 is 0 Å². The van der Waals surface area contributed by atoms with Crippen LogP contribution in [-0.4, -0.2) is 10.2 Å². The summed E-state index contributed by atoms with van der Waals surface area (Å²) in [4.78, 5) is 0. The molecule has 0 aliphatic carbocycles. The van der Waals surface area contributed by atoms with Crippen LogP contribution in [0, 0.1) is 20.0 Å². The number of aryl methyl sites for hydroxylation is 2. The molecule has 0 saturated carbocycles. The molecule has 15 heavy (non-hydrogen) atoms. The fraction of sp³-hybridized carbons (Fsp3) is 0.222. The summed E-state index contributed by atoms with van der Waals surface area (Å²) in [5, 5.41) is 7.83. The minimum Gasteiger partial charge on any atom is -1.00 e. The van der Waals surface area contributed by atoms with E-state index >= 15 is 0 Å². The molecule has 6 heteroatoms. The smallest absolute Gasteiger partial charge is 1.00 e. The van der Waals surface area contributed by atoms with Crippen molar-refractivity contribution in [2.75, 3.05) is 0 Å². The number of hydrogen-bond donors (Lipinski definition) is 1. The molecule has 0 fully saturated rings. The Labute approximate surface area is 123 Å². The van der Waals surface area contributed by atoms with E-state index in [0.717, 1.165) is 10.9 Å². The molecule has 2 nitrogen and oxygen atoms in total. The minimum atomic E-state index is 0. The van der Waals surface area contributed by atoms with Gasteiger partial charge in [0, 0.05) is 0 Å². The first-order valence-corrected chi connectivity index (χ1v) is 3.60. The first-order valence-electron chi connectivity index (χ1n) is 3.60. The van der Waals surface area contributed by atoms with E-state index in [1.165, 1.54) is 11.1 Å². The van der Waals surface area contributed by atoms with Gasteiger partial charge in [-0.3, -0.25) is 5.10 Å². The first-order chi connectivity index (χ1) is 5.27. The van der Waals surface area contributed by atoms with Gasteiger partial charge in [0.1, 0.15) is 0 Å². The van der Waals surface area contributed by atoms with Crippen LogP contribution in [0.2, 0.25) is 0 Å². The number of fused-ring (bicyclic) bond motifs is 1. The first kappa shape index (κ1) is 20.7. The molecule has 80 valence electrons. The second kappa shape index (κ2) is 8.43. The van der Waals surface area contributed by atoms with Gasteiger partial charge in [-0.1, -0.05) is 18.6 Å². The Morgan fingerprint density at radius 1 is 1.13 bits per heavy atom. The number of nitrogens with one attached hydrogen (secondary N) is 1. The van der Waals surface area contributed by atoms with E-state index in [4.69, 9.17) is 0 Å². The van der Waals surface area contributed by atoms with Crippen LogP contribution in [0.1, 0.15) is 11.1 Å². The molecule has 2 aromatic rings. The van der Waals surface area contributed by atoms with Crippen molar-refractivity contribution < 1.29 is 58.9 Å². The van der Waals surface area contributed by atoms with Crippen molar-refractivity contribution in [2.45, 2.75) is 13.8 Å². The Balaban J connectivity index is -0.000000360. The molecule has 1 N–H and O–H groups in total. The van der Waals surface area contributed by atoms with Crippen molar-refractivity contribution in [1.82, 2.24) is 10.2 Å². The van der Waals surface area contributed by atoms with Gasteiger partial charge in [-0.05, 0) is 18.6 Å². The number of hydrogen-bond acceptors (Lipinski definition) is 1. The molecular weight excluding hydrogens is 290 g/mol. The summed E-state index contributed by atoms with van der Waals surface area (Å²) >= 11 is 0. The van der Waals surface area contributed by atoms with Crippen molar-refractivity contribution in [3.05, 3.63) is 29.5 Å². The Morgan fingerprint density at radius 2 is 1.73 bits per heavy atom.